The third-order valence-corrected chi connectivity index (χ3v) is 5.44. The van der Waals surface area contributed by atoms with E-state index in [1.807, 2.05) is 30.5 Å². The van der Waals surface area contributed by atoms with Crippen molar-refractivity contribution >= 4 is 33.7 Å². The van der Waals surface area contributed by atoms with Crippen molar-refractivity contribution < 1.29 is 4.74 Å². The average Bonchev–Trinajstić information content (AvgIpc) is 2.85. The van der Waals surface area contributed by atoms with Crippen LogP contribution in [0.25, 0.3) is 10.8 Å². The summed E-state index contributed by atoms with van der Waals surface area (Å²) < 4.78 is 5.25. The van der Waals surface area contributed by atoms with Gasteiger partial charge in [0, 0.05) is 4.88 Å². The molecule has 0 amide bonds. The highest BCUT2D eigenvalue weighted by Crippen LogP contribution is 2.35. The molecule has 2 nitrogen and oxygen atoms in total. The Kier molecular flexibility index (Phi) is 3.89. The molecule has 0 bridgehead atoms. The lowest BCUT2D eigenvalue weighted by atomic mass is 10.0. The second-order valence-corrected chi connectivity index (χ2v) is 6.34. The van der Waals surface area contributed by atoms with Crippen molar-refractivity contribution in [2.24, 2.45) is 5.73 Å². The summed E-state index contributed by atoms with van der Waals surface area (Å²) in [5.41, 5.74) is 8.53. The highest BCUT2D eigenvalue weighted by Gasteiger charge is 2.16. The topological polar surface area (TPSA) is 35.2 Å². The van der Waals surface area contributed by atoms with Crippen LogP contribution in [0.15, 0.2) is 41.8 Å². The molecule has 1 aromatic heterocycles. The average molecular weight is 318 g/mol. The third-order valence-electron chi connectivity index (χ3n) is 3.64. The van der Waals surface area contributed by atoms with Crippen molar-refractivity contribution in [1.82, 2.24) is 0 Å². The number of methoxy groups -OCH3 is 1. The van der Waals surface area contributed by atoms with Crippen molar-refractivity contribution in [3.8, 4) is 5.75 Å². The van der Waals surface area contributed by atoms with Gasteiger partial charge in [-0.25, -0.2) is 0 Å². The number of fused-ring (bicyclic) bond motifs is 1. The molecular weight excluding hydrogens is 302 g/mol. The van der Waals surface area contributed by atoms with E-state index in [0.29, 0.717) is 0 Å². The number of hydrogen-bond acceptors (Lipinski definition) is 3. The zero-order valence-electron chi connectivity index (χ0n) is 11.9. The van der Waals surface area contributed by atoms with E-state index in [9.17, 15) is 0 Å². The number of thiophene rings is 1. The molecule has 4 heteroatoms. The van der Waals surface area contributed by atoms with E-state index in [1.165, 1.54) is 0 Å². The van der Waals surface area contributed by atoms with Crippen LogP contribution in [0, 0.1) is 6.92 Å². The fourth-order valence-electron chi connectivity index (χ4n) is 2.37. The molecule has 2 N–H and O–H groups in total. The monoisotopic (exact) mass is 317 g/mol. The molecule has 0 aliphatic heterocycles. The molecule has 1 atom stereocenters. The lowest BCUT2D eigenvalue weighted by Gasteiger charge is -2.12. The van der Waals surface area contributed by atoms with Crippen LogP contribution in [0.1, 0.15) is 22.0 Å². The zero-order valence-corrected chi connectivity index (χ0v) is 13.5. The van der Waals surface area contributed by atoms with E-state index >= 15 is 0 Å². The van der Waals surface area contributed by atoms with Crippen molar-refractivity contribution in [2.75, 3.05) is 7.11 Å². The van der Waals surface area contributed by atoms with E-state index in [2.05, 4.69) is 18.2 Å². The Morgan fingerprint density at radius 2 is 1.86 bits per heavy atom. The van der Waals surface area contributed by atoms with E-state index in [0.717, 1.165) is 37.5 Å². The summed E-state index contributed by atoms with van der Waals surface area (Å²) in [6.07, 6.45) is 0. The van der Waals surface area contributed by atoms with E-state index in [4.69, 9.17) is 22.1 Å². The second kappa shape index (κ2) is 5.68. The largest absolute Gasteiger partial charge is 0.497 e. The highest BCUT2D eigenvalue weighted by molar-refractivity contribution is 7.10. The first-order valence-electron chi connectivity index (χ1n) is 6.67. The number of halogens is 1. The maximum atomic E-state index is 6.38. The molecular formula is C17H16ClNOS. The lowest BCUT2D eigenvalue weighted by Crippen LogP contribution is -2.10. The number of rotatable bonds is 3. The van der Waals surface area contributed by atoms with Gasteiger partial charge >= 0.3 is 0 Å². The number of benzene rings is 2. The van der Waals surface area contributed by atoms with Crippen molar-refractivity contribution in [3.63, 3.8) is 0 Å². The quantitative estimate of drug-likeness (QED) is 0.744. The van der Waals surface area contributed by atoms with E-state index < -0.39 is 0 Å². The Morgan fingerprint density at radius 1 is 1.14 bits per heavy atom. The maximum absolute atomic E-state index is 6.38. The van der Waals surface area contributed by atoms with Crippen LogP contribution in [0.2, 0.25) is 5.02 Å². The summed E-state index contributed by atoms with van der Waals surface area (Å²) in [6.45, 7) is 2.00. The minimum Gasteiger partial charge on any atom is -0.497 e. The number of aryl methyl sites for hydroxylation is 1. The Morgan fingerprint density at radius 3 is 2.52 bits per heavy atom. The first-order chi connectivity index (χ1) is 10.1. The van der Waals surface area contributed by atoms with Crippen LogP contribution in [0.5, 0.6) is 5.75 Å². The fourth-order valence-corrected chi connectivity index (χ4v) is 3.71. The van der Waals surface area contributed by atoms with Gasteiger partial charge in [0.1, 0.15) is 5.75 Å². The van der Waals surface area contributed by atoms with Crippen LogP contribution in [0.3, 0.4) is 0 Å². The minimum absolute atomic E-state index is 0.192. The second-order valence-electron chi connectivity index (χ2n) is 5.05. The summed E-state index contributed by atoms with van der Waals surface area (Å²) in [6, 6.07) is 12.1. The predicted octanol–water partition coefficient (Wildman–Crippen LogP) is 4.92. The first-order valence-corrected chi connectivity index (χ1v) is 7.92. The van der Waals surface area contributed by atoms with Gasteiger partial charge in [0.15, 0.2) is 0 Å². The Bertz CT molecular complexity index is 797. The fraction of sp³-hybridized carbons (Fsp3) is 0.176. The molecule has 2 aromatic carbocycles. The number of ether oxygens (including phenoxy) is 1. The molecule has 1 heterocycles. The molecule has 3 rings (SSSR count). The van der Waals surface area contributed by atoms with E-state index in [1.54, 1.807) is 18.4 Å². The van der Waals surface area contributed by atoms with Gasteiger partial charge in [-0.1, -0.05) is 29.8 Å². The predicted molar refractivity (Wildman–Crippen MR) is 90.6 cm³/mol. The molecule has 21 heavy (non-hydrogen) atoms. The van der Waals surface area contributed by atoms with Gasteiger partial charge in [-0.15, -0.1) is 11.3 Å². The molecule has 0 fully saturated rings. The summed E-state index contributed by atoms with van der Waals surface area (Å²) in [5, 5.41) is 5.11. The Balaban J connectivity index is 2.02. The zero-order chi connectivity index (χ0) is 15.0. The standard InChI is InChI=1S/C17H16ClNOS/c1-10-9-21-17(15(10)18)16(19)13-4-3-12-8-14(20-2)6-5-11(12)7-13/h3-9,16H,19H2,1-2H3. The van der Waals surface area contributed by atoms with Gasteiger partial charge < -0.3 is 10.5 Å². The van der Waals surface area contributed by atoms with Gasteiger partial charge in [-0.3, -0.25) is 0 Å². The normalized spacial score (nSPS) is 12.6. The molecule has 108 valence electrons. The van der Waals surface area contributed by atoms with Crippen LogP contribution >= 0.6 is 22.9 Å². The summed E-state index contributed by atoms with van der Waals surface area (Å²) in [4.78, 5) is 1.02. The van der Waals surface area contributed by atoms with Crippen LogP contribution < -0.4 is 10.5 Å². The van der Waals surface area contributed by atoms with Crippen LogP contribution in [-0.2, 0) is 0 Å². The number of hydrogen-bond donors (Lipinski definition) is 1. The number of nitrogens with two attached hydrogens (primary N) is 1. The first kappa shape index (κ1) is 14.4. The molecule has 1 unspecified atom stereocenters. The molecule has 0 spiro atoms. The van der Waals surface area contributed by atoms with E-state index in [-0.39, 0.29) is 6.04 Å². The molecule has 0 aliphatic carbocycles. The third kappa shape index (κ3) is 2.64. The Labute approximate surface area is 133 Å². The minimum atomic E-state index is -0.192. The summed E-state index contributed by atoms with van der Waals surface area (Å²) >= 11 is 7.94. The SMILES string of the molecule is COc1ccc2cc(C(N)c3scc(C)c3Cl)ccc2c1. The molecule has 0 saturated heterocycles. The summed E-state index contributed by atoms with van der Waals surface area (Å²) in [5.74, 6) is 0.858. The smallest absolute Gasteiger partial charge is 0.119 e. The Hall–Kier alpha value is -1.55. The van der Waals surface area contributed by atoms with Crippen LogP contribution in [-0.4, -0.2) is 7.11 Å². The highest BCUT2D eigenvalue weighted by atomic mass is 35.5. The molecule has 3 aromatic rings. The molecule has 0 radical (unpaired) electrons. The lowest BCUT2D eigenvalue weighted by molar-refractivity contribution is 0.415. The summed E-state index contributed by atoms with van der Waals surface area (Å²) in [7, 11) is 1.67. The van der Waals surface area contributed by atoms with Crippen molar-refractivity contribution in [3.05, 3.63) is 62.8 Å². The molecule has 0 saturated carbocycles. The van der Waals surface area contributed by atoms with Gasteiger partial charge in [0.05, 0.1) is 18.2 Å². The van der Waals surface area contributed by atoms with Gasteiger partial charge in [-0.2, -0.15) is 0 Å². The van der Waals surface area contributed by atoms with Crippen LogP contribution in [0.4, 0.5) is 0 Å². The van der Waals surface area contributed by atoms with Gasteiger partial charge in [0.25, 0.3) is 0 Å². The van der Waals surface area contributed by atoms with Crippen molar-refractivity contribution in [1.29, 1.82) is 0 Å². The van der Waals surface area contributed by atoms with Gasteiger partial charge in [-0.05, 0) is 52.4 Å². The van der Waals surface area contributed by atoms with Crippen molar-refractivity contribution in [2.45, 2.75) is 13.0 Å². The molecule has 0 aliphatic rings. The van der Waals surface area contributed by atoms with Gasteiger partial charge in [0.2, 0.25) is 0 Å². The maximum Gasteiger partial charge on any atom is 0.119 e.